The van der Waals surface area contributed by atoms with Crippen LogP contribution in [0.4, 0.5) is 11.6 Å². The molecule has 3 aromatic rings. The highest BCUT2D eigenvalue weighted by atomic mass is 32.1. The zero-order chi connectivity index (χ0) is 15.1. The van der Waals surface area contributed by atoms with E-state index in [4.69, 9.17) is 11.5 Å². The normalized spacial score (nSPS) is 10.9. The number of carbonyl (C=O) groups is 1. The number of aromatic nitrogens is 2. The Morgan fingerprint density at radius 1 is 1.29 bits per heavy atom. The van der Waals surface area contributed by atoms with Gasteiger partial charge in [0.05, 0.1) is 21.6 Å². The molecule has 6 nitrogen and oxygen atoms in total. The molecule has 5 N–H and O–H groups in total. The Kier molecular flexibility index (Phi) is 2.99. The van der Waals surface area contributed by atoms with Gasteiger partial charge in [-0.3, -0.25) is 4.79 Å². The molecule has 2 heterocycles. The van der Waals surface area contributed by atoms with Crippen molar-refractivity contribution in [3.8, 4) is 17.0 Å². The Hall–Kier alpha value is -2.67. The van der Waals surface area contributed by atoms with Crippen molar-refractivity contribution >= 4 is 39.0 Å². The molecule has 0 fully saturated rings. The highest BCUT2D eigenvalue weighted by Crippen LogP contribution is 2.39. The zero-order valence-corrected chi connectivity index (χ0v) is 11.9. The molecular formula is C14H12N4O2S. The summed E-state index contributed by atoms with van der Waals surface area (Å²) in [5, 5.41) is 10.2. The molecule has 3 rings (SSSR count). The first-order valence-electron chi connectivity index (χ1n) is 6.13. The van der Waals surface area contributed by atoms with Crippen molar-refractivity contribution in [3.05, 3.63) is 29.1 Å². The Morgan fingerprint density at radius 3 is 2.71 bits per heavy atom. The van der Waals surface area contributed by atoms with E-state index in [-0.39, 0.29) is 17.5 Å². The van der Waals surface area contributed by atoms with Crippen molar-refractivity contribution in [3.63, 3.8) is 0 Å². The third-order valence-electron chi connectivity index (χ3n) is 3.05. The standard InChI is InChI=1S/C14H12N4O2S/c1-6(19)12-10(15)9-11(7-3-2-4-8(20)5-7)17-14(16)18-13(9)21-12/h2-5,20H,15H2,1H3,(H2,16,17,18). The van der Waals surface area contributed by atoms with Gasteiger partial charge in [0.1, 0.15) is 10.6 Å². The van der Waals surface area contributed by atoms with Gasteiger partial charge in [0, 0.05) is 12.5 Å². The lowest BCUT2D eigenvalue weighted by Gasteiger charge is -2.05. The summed E-state index contributed by atoms with van der Waals surface area (Å²) in [4.78, 5) is 21.0. The number of nitrogens with zero attached hydrogens (tertiary/aromatic N) is 2. The molecule has 0 amide bonds. The van der Waals surface area contributed by atoms with Crippen LogP contribution in [0.1, 0.15) is 16.6 Å². The van der Waals surface area contributed by atoms with Crippen LogP contribution < -0.4 is 11.5 Å². The fourth-order valence-corrected chi connectivity index (χ4v) is 3.16. The molecular weight excluding hydrogens is 288 g/mol. The summed E-state index contributed by atoms with van der Waals surface area (Å²) in [7, 11) is 0. The number of Topliss-reactive ketones (excluding diaryl/α,β-unsaturated/α-hetero) is 1. The van der Waals surface area contributed by atoms with Crippen LogP contribution in [0.5, 0.6) is 5.75 Å². The van der Waals surface area contributed by atoms with Crippen LogP contribution >= 0.6 is 11.3 Å². The zero-order valence-electron chi connectivity index (χ0n) is 11.1. The molecule has 0 unspecified atom stereocenters. The van der Waals surface area contributed by atoms with Gasteiger partial charge in [0.2, 0.25) is 5.95 Å². The van der Waals surface area contributed by atoms with Crippen LogP contribution in [0.25, 0.3) is 21.5 Å². The minimum absolute atomic E-state index is 0.0946. The van der Waals surface area contributed by atoms with E-state index in [2.05, 4.69) is 9.97 Å². The number of hydrogen-bond donors (Lipinski definition) is 3. The molecule has 106 valence electrons. The maximum absolute atomic E-state index is 11.6. The minimum atomic E-state index is -0.129. The van der Waals surface area contributed by atoms with Gasteiger partial charge in [-0.1, -0.05) is 12.1 Å². The van der Waals surface area contributed by atoms with Gasteiger partial charge in [0.15, 0.2) is 5.78 Å². The molecule has 2 aromatic heterocycles. The van der Waals surface area contributed by atoms with Crippen molar-refractivity contribution in [2.45, 2.75) is 6.92 Å². The van der Waals surface area contributed by atoms with Gasteiger partial charge in [-0.25, -0.2) is 9.97 Å². The van der Waals surface area contributed by atoms with Crippen molar-refractivity contribution in [1.29, 1.82) is 0 Å². The number of phenolic OH excluding ortho intramolecular Hbond substituents is 1. The first-order valence-corrected chi connectivity index (χ1v) is 6.95. The second kappa shape index (κ2) is 4.71. The first kappa shape index (κ1) is 13.3. The largest absolute Gasteiger partial charge is 0.508 e. The molecule has 7 heteroatoms. The van der Waals surface area contributed by atoms with E-state index in [9.17, 15) is 9.90 Å². The van der Waals surface area contributed by atoms with Crippen LogP contribution in [0, 0.1) is 0 Å². The maximum atomic E-state index is 11.6. The van der Waals surface area contributed by atoms with E-state index in [0.29, 0.717) is 32.0 Å². The van der Waals surface area contributed by atoms with E-state index in [0.717, 1.165) is 0 Å². The van der Waals surface area contributed by atoms with Crippen molar-refractivity contribution < 1.29 is 9.90 Å². The summed E-state index contributed by atoms with van der Waals surface area (Å²) in [5.41, 5.74) is 13.3. The Labute approximate surface area is 124 Å². The molecule has 0 bridgehead atoms. The van der Waals surface area contributed by atoms with Crippen LogP contribution in [0.2, 0.25) is 0 Å². The highest BCUT2D eigenvalue weighted by molar-refractivity contribution is 7.21. The molecule has 0 spiro atoms. The number of ketones is 1. The summed E-state index contributed by atoms with van der Waals surface area (Å²) in [5.74, 6) is 0.0755. The number of benzene rings is 1. The average molecular weight is 300 g/mol. The van der Waals surface area contributed by atoms with Gasteiger partial charge in [-0.15, -0.1) is 11.3 Å². The Morgan fingerprint density at radius 2 is 2.05 bits per heavy atom. The maximum Gasteiger partial charge on any atom is 0.221 e. The van der Waals surface area contributed by atoms with Gasteiger partial charge in [0.25, 0.3) is 0 Å². The topological polar surface area (TPSA) is 115 Å². The van der Waals surface area contributed by atoms with E-state index >= 15 is 0 Å². The third-order valence-corrected chi connectivity index (χ3v) is 4.25. The van der Waals surface area contributed by atoms with Gasteiger partial charge < -0.3 is 16.6 Å². The second-order valence-corrected chi connectivity index (χ2v) is 5.56. The SMILES string of the molecule is CC(=O)c1sc2nc(N)nc(-c3cccc(O)c3)c2c1N. The van der Waals surface area contributed by atoms with Gasteiger partial charge >= 0.3 is 0 Å². The Bertz CT molecular complexity index is 873. The number of anilines is 2. The predicted molar refractivity (Wildman–Crippen MR) is 83.3 cm³/mol. The van der Waals surface area contributed by atoms with Crippen molar-refractivity contribution in [1.82, 2.24) is 9.97 Å². The number of nitrogen functional groups attached to an aromatic ring is 2. The number of nitrogens with two attached hydrogens (primary N) is 2. The fourth-order valence-electron chi connectivity index (χ4n) is 2.16. The summed E-state index contributed by atoms with van der Waals surface area (Å²) in [6, 6.07) is 6.60. The molecule has 0 radical (unpaired) electrons. The number of rotatable bonds is 2. The molecule has 0 aliphatic heterocycles. The number of thiophene rings is 1. The number of phenols is 1. The van der Waals surface area contributed by atoms with E-state index in [1.165, 1.54) is 18.3 Å². The van der Waals surface area contributed by atoms with Crippen LogP contribution in [0.15, 0.2) is 24.3 Å². The molecule has 0 atom stereocenters. The molecule has 0 saturated heterocycles. The second-order valence-electron chi connectivity index (χ2n) is 4.56. The molecule has 0 aliphatic rings. The molecule has 0 saturated carbocycles. The summed E-state index contributed by atoms with van der Waals surface area (Å²) in [6.45, 7) is 1.45. The quantitative estimate of drug-likeness (QED) is 0.626. The summed E-state index contributed by atoms with van der Waals surface area (Å²) in [6.07, 6.45) is 0. The number of hydrogen-bond acceptors (Lipinski definition) is 7. The lowest BCUT2D eigenvalue weighted by Crippen LogP contribution is -1.99. The van der Waals surface area contributed by atoms with Crippen molar-refractivity contribution in [2.24, 2.45) is 0 Å². The lowest BCUT2D eigenvalue weighted by molar-refractivity contribution is 0.102. The molecule has 0 aliphatic carbocycles. The summed E-state index contributed by atoms with van der Waals surface area (Å²) >= 11 is 1.19. The van der Waals surface area contributed by atoms with Crippen LogP contribution in [-0.4, -0.2) is 20.9 Å². The third kappa shape index (κ3) is 2.17. The monoisotopic (exact) mass is 300 g/mol. The predicted octanol–water partition coefficient (Wildman–Crippen LogP) is 2.43. The highest BCUT2D eigenvalue weighted by Gasteiger charge is 2.19. The average Bonchev–Trinajstić information content (AvgIpc) is 2.75. The molecule has 1 aromatic carbocycles. The summed E-state index contributed by atoms with van der Waals surface area (Å²) < 4.78 is 0. The van der Waals surface area contributed by atoms with Gasteiger partial charge in [-0.05, 0) is 12.1 Å². The smallest absolute Gasteiger partial charge is 0.221 e. The number of carbonyl (C=O) groups excluding carboxylic acids is 1. The van der Waals surface area contributed by atoms with Crippen LogP contribution in [0.3, 0.4) is 0 Å². The van der Waals surface area contributed by atoms with Crippen LogP contribution in [-0.2, 0) is 0 Å². The van der Waals surface area contributed by atoms with Crippen molar-refractivity contribution in [2.75, 3.05) is 11.5 Å². The first-order chi connectivity index (χ1) is 9.97. The lowest BCUT2D eigenvalue weighted by atomic mass is 10.1. The van der Waals surface area contributed by atoms with Gasteiger partial charge in [-0.2, -0.15) is 0 Å². The fraction of sp³-hybridized carbons (Fsp3) is 0.0714. The van der Waals surface area contributed by atoms with E-state index < -0.39 is 0 Å². The number of fused-ring (bicyclic) bond motifs is 1. The Balaban J connectivity index is 2.39. The minimum Gasteiger partial charge on any atom is -0.508 e. The van der Waals surface area contributed by atoms with E-state index in [1.807, 2.05) is 0 Å². The van der Waals surface area contributed by atoms with E-state index in [1.54, 1.807) is 24.3 Å². The molecule has 21 heavy (non-hydrogen) atoms. The number of aromatic hydroxyl groups is 1.